The Bertz CT molecular complexity index is 3390. The Balaban J connectivity index is 1.26. The van der Waals surface area contributed by atoms with Crippen molar-refractivity contribution in [3.63, 3.8) is 0 Å². The van der Waals surface area contributed by atoms with E-state index in [0.717, 1.165) is 0 Å². The standard InChI is InChI=1S/C51H32BN3S/c1-31-23-26-34(27-24-31)55-44-22-12-7-17-37(44)39-30-45(53-41-19-9-5-15-35(41)36-16-6-10-20-42(36)53)47-38-18-8-11-21-43(38)54-49-40-29-33(32-13-3-2-4-14-32)25-28-46(40)56-51(49)52(55)48(39)50(47)54/h2-30H,1H3. The van der Waals surface area contributed by atoms with Crippen molar-refractivity contribution in [2.24, 2.45) is 0 Å². The largest absolute Gasteiger partial charge is 0.376 e. The van der Waals surface area contributed by atoms with Gasteiger partial charge in [-0.05, 0) is 83.7 Å². The van der Waals surface area contributed by atoms with Crippen molar-refractivity contribution in [1.82, 2.24) is 9.13 Å². The van der Waals surface area contributed by atoms with Gasteiger partial charge in [-0.2, -0.15) is 0 Å². The van der Waals surface area contributed by atoms with Crippen LogP contribution in [0.1, 0.15) is 5.56 Å². The van der Waals surface area contributed by atoms with Gasteiger partial charge in [0.25, 0.3) is 0 Å². The lowest BCUT2D eigenvalue weighted by Crippen LogP contribution is -2.59. The van der Waals surface area contributed by atoms with Crippen molar-refractivity contribution in [1.29, 1.82) is 0 Å². The second-order valence-electron chi connectivity index (χ2n) is 15.3. The molecule has 5 heteroatoms. The lowest BCUT2D eigenvalue weighted by atomic mass is 9.47. The number of hydrogen-bond acceptors (Lipinski definition) is 2. The Hall–Kier alpha value is -6.82. The second kappa shape index (κ2) is 11.1. The highest BCUT2D eigenvalue weighted by Gasteiger charge is 2.46. The molecule has 11 aromatic rings. The van der Waals surface area contributed by atoms with E-state index in [1.54, 1.807) is 0 Å². The van der Waals surface area contributed by atoms with Crippen LogP contribution < -0.4 is 15.1 Å². The predicted octanol–water partition coefficient (Wildman–Crippen LogP) is 12.3. The topological polar surface area (TPSA) is 13.1 Å². The van der Waals surface area contributed by atoms with Crippen molar-refractivity contribution in [3.05, 3.63) is 181 Å². The van der Waals surface area contributed by atoms with E-state index in [0.29, 0.717) is 0 Å². The van der Waals surface area contributed by atoms with E-state index in [1.807, 2.05) is 11.3 Å². The highest BCUT2D eigenvalue weighted by Crippen LogP contribution is 2.49. The number of aromatic nitrogens is 2. The number of thiophene rings is 1. The third-order valence-electron chi connectivity index (χ3n) is 12.3. The fourth-order valence-electron chi connectivity index (χ4n) is 10.0. The molecule has 2 aliphatic heterocycles. The monoisotopic (exact) mass is 729 g/mol. The highest BCUT2D eigenvalue weighted by molar-refractivity contribution is 7.32. The van der Waals surface area contributed by atoms with Crippen LogP contribution in [-0.2, 0) is 0 Å². The van der Waals surface area contributed by atoms with E-state index in [2.05, 4.69) is 197 Å². The van der Waals surface area contributed by atoms with Crippen molar-refractivity contribution >= 4 is 93.5 Å². The summed E-state index contributed by atoms with van der Waals surface area (Å²) in [4.78, 5) is 2.63. The molecule has 0 saturated carbocycles. The van der Waals surface area contributed by atoms with Crippen LogP contribution >= 0.6 is 11.3 Å². The van der Waals surface area contributed by atoms with Crippen LogP contribution in [0.5, 0.6) is 0 Å². The summed E-state index contributed by atoms with van der Waals surface area (Å²) in [6, 6.07) is 65.6. The zero-order chi connectivity index (χ0) is 36.6. The minimum atomic E-state index is -0.0262. The molecule has 0 atom stereocenters. The van der Waals surface area contributed by atoms with Gasteiger partial charge in [-0.3, -0.25) is 0 Å². The summed E-state index contributed by atoms with van der Waals surface area (Å²) in [5.74, 6) is 0. The van der Waals surface area contributed by atoms with Crippen LogP contribution in [0.25, 0.3) is 87.3 Å². The minimum absolute atomic E-state index is 0.0262. The molecule has 0 N–H and O–H groups in total. The summed E-state index contributed by atoms with van der Waals surface area (Å²) in [6.45, 7) is 2.15. The molecule has 0 radical (unpaired) electrons. The van der Waals surface area contributed by atoms with E-state index in [4.69, 9.17) is 0 Å². The summed E-state index contributed by atoms with van der Waals surface area (Å²) in [6.07, 6.45) is 0. The molecule has 0 amide bonds. The summed E-state index contributed by atoms with van der Waals surface area (Å²) < 4.78 is 7.86. The Kier molecular flexibility index (Phi) is 6.06. The lowest BCUT2D eigenvalue weighted by molar-refractivity contribution is 1.18. The normalized spacial score (nSPS) is 13.0. The Morgan fingerprint density at radius 1 is 0.482 bits per heavy atom. The fraction of sp³-hybridized carbons (Fsp3) is 0.0196. The lowest BCUT2D eigenvalue weighted by Gasteiger charge is -2.41. The molecule has 3 nitrogen and oxygen atoms in total. The first-order valence-corrected chi connectivity index (χ1v) is 20.2. The van der Waals surface area contributed by atoms with Crippen molar-refractivity contribution in [2.45, 2.75) is 6.92 Å². The van der Waals surface area contributed by atoms with Gasteiger partial charge in [-0.15, -0.1) is 11.3 Å². The molecule has 8 aromatic carbocycles. The molecule has 0 aliphatic carbocycles. The van der Waals surface area contributed by atoms with Gasteiger partial charge >= 0.3 is 6.85 Å². The first-order valence-electron chi connectivity index (χ1n) is 19.4. The van der Waals surface area contributed by atoms with Crippen LogP contribution in [0.3, 0.4) is 0 Å². The average Bonchev–Trinajstić information content (AvgIpc) is 3.92. The van der Waals surface area contributed by atoms with Gasteiger partial charge in [-0.1, -0.05) is 127 Å². The third-order valence-corrected chi connectivity index (χ3v) is 13.6. The number of nitrogens with zero attached hydrogens (tertiary/aromatic N) is 3. The molecule has 0 bridgehead atoms. The molecule has 3 aromatic heterocycles. The Morgan fingerprint density at radius 2 is 1.12 bits per heavy atom. The Morgan fingerprint density at radius 3 is 1.88 bits per heavy atom. The maximum Gasteiger partial charge on any atom is 0.343 e. The van der Waals surface area contributed by atoms with Gasteiger partial charge in [0, 0.05) is 53.3 Å². The second-order valence-corrected chi connectivity index (χ2v) is 16.4. The van der Waals surface area contributed by atoms with Gasteiger partial charge in [0.15, 0.2) is 0 Å². The average molecular weight is 730 g/mol. The smallest absolute Gasteiger partial charge is 0.343 e. The fourth-order valence-corrected chi connectivity index (χ4v) is 11.3. The number of benzene rings is 8. The third kappa shape index (κ3) is 3.92. The molecular weight excluding hydrogens is 697 g/mol. The van der Waals surface area contributed by atoms with Gasteiger partial charge in [0.05, 0.1) is 33.4 Å². The zero-order valence-electron chi connectivity index (χ0n) is 30.6. The number of aryl methyl sites for hydroxylation is 1. The van der Waals surface area contributed by atoms with Crippen LogP contribution in [-0.4, -0.2) is 16.0 Å². The predicted molar refractivity (Wildman–Crippen MR) is 240 cm³/mol. The van der Waals surface area contributed by atoms with Crippen LogP contribution in [0.15, 0.2) is 176 Å². The van der Waals surface area contributed by atoms with Crippen LogP contribution in [0.4, 0.5) is 11.4 Å². The number of rotatable bonds is 3. The Labute approximate surface area is 328 Å². The maximum absolute atomic E-state index is 2.64. The van der Waals surface area contributed by atoms with E-state index in [1.165, 1.54) is 115 Å². The molecule has 260 valence electrons. The first kappa shape index (κ1) is 30.5. The molecule has 0 unspecified atom stereocenters. The van der Waals surface area contributed by atoms with E-state index >= 15 is 0 Å². The number of para-hydroxylation sites is 4. The van der Waals surface area contributed by atoms with Crippen molar-refractivity contribution in [2.75, 3.05) is 4.81 Å². The van der Waals surface area contributed by atoms with Gasteiger partial charge < -0.3 is 13.9 Å². The molecule has 0 spiro atoms. The summed E-state index contributed by atoms with van der Waals surface area (Å²) in [5, 5.41) is 6.41. The molecule has 13 rings (SSSR count). The minimum Gasteiger partial charge on any atom is -0.376 e. The van der Waals surface area contributed by atoms with Crippen molar-refractivity contribution in [3.8, 4) is 33.6 Å². The molecule has 0 saturated heterocycles. The molecular formula is C51H32BN3S. The molecule has 0 fully saturated rings. The van der Waals surface area contributed by atoms with E-state index < -0.39 is 0 Å². The van der Waals surface area contributed by atoms with E-state index in [-0.39, 0.29) is 6.85 Å². The zero-order valence-corrected chi connectivity index (χ0v) is 31.4. The van der Waals surface area contributed by atoms with Crippen LogP contribution in [0.2, 0.25) is 0 Å². The maximum atomic E-state index is 2.64. The summed E-state index contributed by atoms with van der Waals surface area (Å²) in [7, 11) is 0. The summed E-state index contributed by atoms with van der Waals surface area (Å²) >= 11 is 1.95. The first-order chi connectivity index (χ1) is 27.7. The van der Waals surface area contributed by atoms with Crippen LogP contribution in [0, 0.1) is 6.92 Å². The summed E-state index contributed by atoms with van der Waals surface area (Å²) in [5.41, 5.74) is 17.6. The quantitative estimate of drug-likeness (QED) is 0.165. The number of hydrogen-bond donors (Lipinski definition) is 0. The SMILES string of the molecule is Cc1ccc(N2B3c4sc5ccc(-c6ccccc6)cc5c4-n4c5ccccc5c5c(-n6c7ccccc7c7ccccc76)cc(c3c54)-c3ccccc32)cc1. The molecule has 2 aliphatic rings. The van der Waals surface area contributed by atoms with E-state index in [9.17, 15) is 0 Å². The molecule has 56 heavy (non-hydrogen) atoms. The van der Waals surface area contributed by atoms with Crippen molar-refractivity contribution < 1.29 is 0 Å². The van der Waals surface area contributed by atoms with Gasteiger partial charge in [0.2, 0.25) is 0 Å². The molecule has 5 heterocycles. The highest BCUT2D eigenvalue weighted by atomic mass is 32.1. The van der Waals surface area contributed by atoms with Gasteiger partial charge in [0.1, 0.15) is 0 Å². The number of fused-ring (bicyclic) bond motifs is 13. The number of anilines is 2. The van der Waals surface area contributed by atoms with Gasteiger partial charge in [-0.25, -0.2) is 0 Å².